The van der Waals surface area contributed by atoms with Gasteiger partial charge in [0.25, 0.3) is 5.91 Å². The Kier molecular flexibility index (Phi) is 3.12. The van der Waals surface area contributed by atoms with Crippen molar-refractivity contribution in [1.82, 2.24) is 14.8 Å². The summed E-state index contributed by atoms with van der Waals surface area (Å²) < 4.78 is 7.34. The van der Waals surface area contributed by atoms with Gasteiger partial charge in [0.15, 0.2) is 5.75 Å². The predicted molar refractivity (Wildman–Crippen MR) is 69.9 cm³/mol. The van der Waals surface area contributed by atoms with Crippen LogP contribution in [0.2, 0.25) is 0 Å². The zero-order valence-corrected chi connectivity index (χ0v) is 11.0. The SMILES string of the molecule is Cc1nn(C)c(C)c1Oc1ncc(N)cc1C(N)=O. The molecule has 0 saturated carbocycles. The molecule has 0 bridgehead atoms. The molecule has 0 spiro atoms. The molecule has 7 heteroatoms. The quantitative estimate of drug-likeness (QED) is 0.853. The van der Waals surface area contributed by atoms with Gasteiger partial charge in [0.2, 0.25) is 5.88 Å². The molecule has 2 rings (SSSR count). The van der Waals surface area contributed by atoms with Crippen molar-refractivity contribution in [2.75, 3.05) is 5.73 Å². The van der Waals surface area contributed by atoms with E-state index in [9.17, 15) is 4.79 Å². The van der Waals surface area contributed by atoms with Crippen LogP contribution in [0.3, 0.4) is 0 Å². The van der Waals surface area contributed by atoms with Crippen molar-refractivity contribution in [2.45, 2.75) is 13.8 Å². The highest BCUT2D eigenvalue weighted by molar-refractivity contribution is 5.95. The van der Waals surface area contributed by atoms with E-state index in [0.717, 1.165) is 5.69 Å². The van der Waals surface area contributed by atoms with Crippen LogP contribution >= 0.6 is 0 Å². The minimum absolute atomic E-state index is 0.126. The van der Waals surface area contributed by atoms with Gasteiger partial charge in [-0.1, -0.05) is 0 Å². The van der Waals surface area contributed by atoms with Crippen LogP contribution in [0.4, 0.5) is 5.69 Å². The number of carbonyl (C=O) groups is 1. The van der Waals surface area contributed by atoms with E-state index in [1.54, 1.807) is 11.7 Å². The molecule has 2 heterocycles. The largest absolute Gasteiger partial charge is 0.434 e. The van der Waals surface area contributed by atoms with Gasteiger partial charge in [0.05, 0.1) is 17.6 Å². The number of aromatic nitrogens is 3. The first-order chi connectivity index (χ1) is 8.90. The molecule has 7 nitrogen and oxygen atoms in total. The lowest BCUT2D eigenvalue weighted by Gasteiger charge is -2.08. The first-order valence-corrected chi connectivity index (χ1v) is 5.63. The number of carbonyl (C=O) groups excluding carboxylic acids is 1. The molecule has 19 heavy (non-hydrogen) atoms. The fourth-order valence-electron chi connectivity index (χ4n) is 1.72. The van der Waals surface area contributed by atoms with E-state index in [0.29, 0.717) is 17.1 Å². The summed E-state index contributed by atoms with van der Waals surface area (Å²) in [5.41, 5.74) is 12.9. The number of pyridine rings is 1. The Morgan fingerprint density at radius 3 is 2.63 bits per heavy atom. The van der Waals surface area contributed by atoms with E-state index >= 15 is 0 Å². The first-order valence-electron chi connectivity index (χ1n) is 5.63. The highest BCUT2D eigenvalue weighted by Gasteiger charge is 2.17. The van der Waals surface area contributed by atoms with E-state index in [1.807, 2.05) is 13.8 Å². The van der Waals surface area contributed by atoms with Crippen molar-refractivity contribution >= 4 is 11.6 Å². The van der Waals surface area contributed by atoms with E-state index in [-0.39, 0.29) is 11.4 Å². The lowest BCUT2D eigenvalue weighted by molar-refractivity contribution is 0.0997. The number of nitrogens with zero attached hydrogens (tertiary/aromatic N) is 3. The van der Waals surface area contributed by atoms with E-state index < -0.39 is 5.91 Å². The van der Waals surface area contributed by atoms with Crippen molar-refractivity contribution in [1.29, 1.82) is 0 Å². The average molecular weight is 261 g/mol. The number of nitrogen functional groups attached to an aromatic ring is 1. The number of aryl methyl sites for hydroxylation is 2. The number of nitrogens with two attached hydrogens (primary N) is 2. The van der Waals surface area contributed by atoms with Crippen LogP contribution in [-0.4, -0.2) is 20.7 Å². The van der Waals surface area contributed by atoms with Gasteiger partial charge in [-0.3, -0.25) is 9.48 Å². The summed E-state index contributed by atoms with van der Waals surface area (Å²) in [4.78, 5) is 15.4. The third-order valence-corrected chi connectivity index (χ3v) is 2.78. The fraction of sp³-hybridized carbons (Fsp3) is 0.250. The molecule has 2 aromatic heterocycles. The number of ether oxygens (including phenoxy) is 1. The highest BCUT2D eigenvalue weighted by atomic mass is 16.5. The van der Waals surface area contributed by atoms with Crippen LogP contribution in [0.25, 0.3) is 0 Å². The Morgan fingerprint density at radius 1 is 1.42 bits per heavy atom. The Bertz CT molecular complexity index is 648. The van der Waals surface area contributed by atoms with Crippen molar-refractivity contribution in [2.24, 2.45) is 12.8 Å². The van der Waals surface area contributed by atoms with Crippen LogP contribution in [0, 0.1) is 13.8 Å². The second kappa shape index (κ2) is 4.60. The molecule has 0 saturated heterocycles. The average Bonchev–Trinajstić information content (AvgIpc) is 2.57. The molecule has 0 aliphatic carbocycles. The summed E-state index contributed by atoms with van der Waals surface area (Å²) in [5.74, 6) is 0.0390. The molecule has 0 aliphatic heterocycles. The topological polar surface area (TPSA) is 109 Å². The zero-order valence-electron chi connectivity index (χ0n) is 11.0. The Hall–Kier alpha value is -2.57. The molecule has 0 fully saturated rings. The van der Waals surface area contributed by atoms with Gasteiger partial charge < -0.3 is 16.2 Å². The molecular formula is C12H15N5O2. The van der Waals surface area contributed by atoms with Gasteiger partial charge in [-0.2, -0.15) is 5.10 Å². The van der Waals surface area contributed by atoms with Gasteiger partial charge in [-0.25, -0.2) is 4.98 Å². The van der Waals surface area contributed by atoms with Crippen LogP contribution in [-0.2, 0) is 7.05 Å². The molecule has 100 valence electrons. The van der Waals surface area contributed by atoms with Gasteiger partial charge in [-0.05, 0) is 19.9 Å². The maximum Gasteiger partial charge on any atom is 0.254 e. The molecule has 2 aromatic rings. The molecule has 1 amide bonds. The molecule has 0 unspecified atom stereocenters. The van der Waals surface area contributed by atoms with Crippen LogP contribution in [0.1, 0.15) is 21.7 Å². The Morgan fingerprint density at radius 2 is 2.11 bits per heavy atom. The van der Waals surface area contributed by atoms with Crippen molar-refractivity contribution in [3.63, 3.8) is 0 Å². The van der Waals surface area contributed by atoms with Gasteiger partial charge in [0.1, 0.15) is 11.3 Å². The lowest BCUT2D eigenvalue weighted by atomic mass is 10.2. The third-order valence-electron chi connectivity index (χ3n) is 2.78. The molecule has 0 aliphatic rings. The predicted octanol–water partition coefficient (Wildman–Crippen LogP) is 0.905. The fourth-order valence-corrected chi connectivity index (χ4v) is 1.72. The summed E-state index contributed by atoms with van der Waals surface area (Å²) in [6.45, 7) is 3.67. The van der Waals surface area contributed by atoms with Crippen molar-refractivity contribution < 1.29 is 9.53 Å². The maximum atomic E-state index is 11.4. The van der Waals surface area contributed by atoms with Crippen LogP contribution in [0.5, 0.6) is 11.6 Å². The monoisotopic (exact) mass is 261 g/mol. The minimum Gasteiger partial charge on any atom is -0.434 e. The summed E-state index contributed by atoms with van der Waals surface area (Å²) in [5, 5.41) is 4.22. The first kappa shape index (κ1) is 12.9. The second-order valence-electron chi connectivity index (χ2n) is 4.21. The van der Waals surface area contributed by atoms with Crippen LogP contribution < -0.4 is 16.2 Å². The van der Waals surface area contributed by atoms with Gasteiger partial charge >= 0.3 is 0 Å². The molecule has 0 aromatic carbocycles. The van der Waals surface area contributed by atoms with E-state index in [2.05, 4.69) is 10.1 Å². The summed E-state index contributed by atoms with van der Waals surface area (Å²) in [6.07, 6.45) is 1.41. The van der Waals surface area contributed by atoms with E-state index in [4.69, 9.17) is 16.2 Å². The minimum atomic E-state index is -0.644. The zero-order chi connectivity index (χ0) is 14.2. The summed E-state index contributed by atoms with van der Waals surface area (Å²) in [6, 6.07) is 1.44. The number of anilines is 1. The molecule has 4 N–H and O–H groups in total. The number of primary amides is 1. The molecular weight excluding hydrogens is 246 g/mol. The number of hydrogen-bond donors (Lipinski definition) is 2. The van der Waals surface area contributed by atoms with E-state index in [1.165, 1.54) is 12.3 Å². The van der Waals surface area contributed by atoms with Crippen molar-refractivity contribution in [3.05, 3.63) is 29.2 Å². The summed E-state index contributed by atoms with van der Waals surface area (Å²) in [7, 11) is 1.81. The normalized spacial score (nSPS) is 10.5. The number of hydrogen-bond acceptors (Lipinski definition) is 5. The smallest absolute Gasteiger partial charge is 0.254 e. The lowest BCUT2D eigenvalue weighted by Crippen LogP contribution is -2.13. The number of amides is 1. The Labute approximate surface area is 110 Å². The van der Waals surface area contributed by atoms with Crippen LogP contribution in [0.15, 0.2) is 12.3 Å². The van der Waals surface area contributed by atoms with Gasteiger partial charge in [0, 0.05) is 7.05 Å². The number of rotatable bonds is 3. The molecule has 0 radical (unpaired) electrons. The standard InChI is InChI=1S/C12H15N5O2/c1-6-10(7(2)17(3)16-6)19-12-9(11(14)18)4-8(13)5-15-12/h4-5H,13H2,1-3H3,(H2,14,18). The third kappa shape index (κ3) is 2.35. The molecule has 0 atom stereocenters. The second-order valence-corrected chi connectivity index (χ2v) is 4.21. The highest BCUT2D eigenvalue weighted by Crippen LogP contribution is 2.29. The van der Waals surface area contributed by atoms with Crippen molar-refractivity contribution in [3.8, 4) is 11.6 Å². The maximum absolute atomic E-state index is 11.4. The summed E-state index contributed by atoms with van der Waals surface area (Å²) >= 11 is 0. The van der Waals surface area contributed by atoms with Gasteiger partial charge in [-0.15, -0.1) is 0 Å². The Balaban J connectivity index is 2.46.